The van der Waals surface area contributed by atoms with Crippen molar-refractivity contribution in [2.24, 2.45) is 0 Å². The van der Waals surface area contributed by atoms with Crippen molar-refractivity contribution in [1.29, 1.82) is 0 Å². The maximum Gasteiger partial charge on any atom is 0.252 e. The van der Waals surface area contributed by atoms with E-state index in [-0.39, 0.29) is 5.91 Å². The summed E-state index contributed by atoms with van der Waals surface area (Å²) < 4.78 is 8.73. The zero-order valence-electron chi connectivity index (χ0n) is 14.5. The molecule has 0 spiro atoms. The van der Waals surface area contributed by atoms with Crippen molar-refractivity contribution in [3.63, 3.8) is 0 Å². The highest BCUT2D eigenvalue weighted by Gasteiger charge is 2.25. The second-order valence-electron chi connectivity index (χ2n) is 6.33. The van der Waals surface area contributed by atoms with Crippen LogP contribution in [0.25, 0.3) is 0 Å². The van der Waals surface area contributed by atoms with E-state index in [4.69, 9.17) is 4.74 Å². The molecule has 1 aliphatic carbocycles. The summed E-state index contributed by atoms with van der Waals surface area (Å²) in [5.41, 5.74) is 0.488. The van der Waals surface area contributed by atoms with Gasteiger partial charge >= 0.3 is 0 Å². The maximum absolute atomic E-state index is 12.3. The first-order chi connectivity index (χ1) is 13.2. The number of halogens is 1. The van der Waals surface area contributed by atoms with Gasteiger partial charge in [-0.05, 0) is 43.2 Å². The number of hydrogen-bond donors (Lipinski definition) is 1. The van der Waals surface area contributed by atoms with Gasteiger partial charge in [0.05, 0.1) is 5.56 Å². The predicted molar refractivity (Wildman–Crippen MR) is 103 cm³/mol. The summed E-state index contributed by atoms with van der Waals surface area (Å²) >= 11 is 3.38. The maximum atomic E-state index is 12.3. The summed E-state index contributed by atoms with van der Waals surface area (Å²) in [7, 11) is 0. The van der Waals surface area contributed by atoms with Crippen molar-refractivity contribution in [3.05, 3.63) is 64.8 Å². The average molecular weight is 428 g/mol. The Labute approximate surface area is 164 Å². The lowest BCUT2D eigenvalue weighted by molar-refractivity contribution is 0.0953. The van der Waals surface area contributed by atoms with Crippen LogP contribution in [0.15, 0.2) is 53.4 Å². The zero-order chi connectivity index (χ0) is 18.6. The van der Waals surface area contributed by atoms with Gasteiger partial charge in [-0.3, -0.25) is 4.79 Å². The predicted octanol–water partition coefficient (Wildman–Crippen LogP) is 3.54. The molecule has 8 heteroatoms. The minimum absolute atomic E-state index is 0.171. The van der Waals surface area contributed by atoms with Crippen LogP contribution in [-0.2, 0) is 6.42 Å². The Kier molecular flexibility index (Phi) is 5.15. The zero-order valence-corrected chi connectivity index (χ0v) is 16.1. The van der Waals surface area contributed by atoms with Crippen molar-refractivity contribution in [2.75, 3.05) is 6.54 Å². The number of pyridine rings is 1. The second kappa shape index (κ2) is 7.87. The third kappa shape index (κ3) is 4.51. The molecule has 1 saturated carbocycles. The number of rotatable bonds is 7. The highest BCUT2D eigenvalue weighted by molar-refractivity contribution is 9.10. The van der Waals surface area contributed by atoms with Gasteiger partial charge in [-0.25, -0.2) is 4.98 Å². The number of aromatic nitrogens is 4. The molecule has 1 fully saturated rings. The molecular formula is C19H18BrN5O2. The molecule has 0 saturated heterocycles. The molecule has 2 heterocycles. The summed E-state index contributed by atoms with van der Waals surface area (Å²) in [4.78, 5) is 16.5. The Bertz CT molecular complexity index is 920. The Morgan fingerprint density at radius 1 is 1.22 bits per heavy atom. The summed E-state index contributed by atoms with van der Waals surface area (Å²) in [6, 6.07) is 11.4. The van der Waals surface area contributed by atoms with Crippen LogP contribution >= 0.6 is 15.9 Å². The number of nitrogens with one attached hydrogen (secondary N) is 1. The van der Waals surface area contributed by atoms with E-state index in [9.17, 15) is 4.79 Å². The summed E-state index contributed by atoms with van der Waals surface area (Å²) in [5, 5.41) is 11.0. The van der Waals surface area contributed by atoms with Crippen LogP contribution in [0.5, 0.6) is 11.6 Å². The fourth-order valence-electron chi connectivity index (χ4n) is 2.69. The Hall–Kier alpha value is -2.74. The van der Waals surface area contributed by atoms with E-state index in [0.29, 0.717) is 36.2 Å². The quantitative estimate of drug-likeness (QED) is 0.623. The lowest BCUT2D eigenvalue weighted by atomic mass is 10.2. The molecule has 0 atom stereocenters. The van der Waals surface area contributed by atoms with Crippen LogP contribution in [0.3, 0.4) is 0 Å². The molecule has 4 rings (SSSR count). The molecule has 7 nitrogen and oxygen atoms in total. The van der Waals surface area contributed by atoms with Gasteiger partial charge in [0.25, 0.3) is 5.91 Å². The monoisotopic (exact) mass is 427 g/mol. The first-order valence-corrected chi connectivity index (χ1v) is 9.54. The molecule has 0 bridgehead atoms. The van der Waals surface area contributed by atoms with Crippen LogP contribution in [0.4, 0.5) is 0 Å². The largest absolute Gasteiger partial charge is 0.439 e. The van der Waals surface area contributed by atoms with Crippen LogP contribution in [-0.4, -0.2) is 32.2 Å². The van der Waals surface area contributed by atoms with Gasteiger partial charge < -0.3 is 14.6 Å². The molecule has 27 heavy (non-hydrogen) atoms. The number of carbonyl (C=O) groups excluding carboxylic acids is 1. The second-order valence-corrected chi connectivity index (χ2v) is 7.25. The Balaban J connectivity index is 1.29. The van der Waals surface area contributed by atoms with Crippen LogP contribution in [0.2, 0.25) is 0 Å². The molecule has 0 aliphatic heterocycles. The van der Waals surface area contributed by atoms with E-state index in [0.717, 1.165) is 10.3 Å². The van der Waals surface area contributed by atoms with E-state index in [2.05, 4.69) is 41.0 Å². The van der Waals surface area contributed by atoms with Gasteiger partial charge in [-0.1, -0.05) is 15.9 Å². The summed E-state index contributed by atoms with van der Waals surface area (Å²) in [6.45, 7) is 0.501. The number of benzene rings is 1. The Morgan fingerprint density at radius 2 is 2.04 bits per heavy atom. The number of nitrogens with zero attached hydrogens (tertiary/aromatic N) is 4. The van der Waals surface area contributed by atoms with Crippen LogP contribution < -0.4 is 10.1 Å². The standard InChI is InChI=1S/C19H18BrN5O2/c20-14-2-6-16(7-3-14)27-18-8-1-13(11-22-18)19(26)21-10-9-17-24-23-12-25(17)15-4-5-15/h1-3,6-8,11-12,15H,4-5,9-10H2,(H,21,26). The molecule has 3 aromatic rings. The van der Waals surface area contributed by atoms with Gasteiger partial charge in [0, 0.05) is 35.7 Å². The first-order valence-electron chi connectivity index (χ1n) is 8.75. The fourth-order valence-corrected chi connectivity index (χ4v) is 2.96. The van der Waals surface area contributed by atoms with E-state index < -0.39 is 0 Å². The summed E-state index contributed by atoms with van der Waals surface area (Å²) in [6.07, 6.45) is 6.29. The fraction of sp³-hybridized carbons (Fsp3) is 0.263. The highest BCUT2D eigenvalue weighted by Crippen LogP contribution is 2.35. The lowest BCUT2D eigenvalue weighted by Gasteiger charge is -2.08. The molecule has 1 aromatic carbocycles. The van der Waals surface area contributed by atoms with Gasteiger partial charge in [-0.15, -0.1) is 10.2 Å². The highest BCUT2D eigenvalue weighted by atomic mass is 79.9. The smallest absolute Gasteiger partial charge is 0.252 e. The van der Waals surface area contributed by atoms with Crippen molar-refractivity contribution in [2.45, 2.75) is 25.3 Å². The molecule has 0 unspecified atom stereocenters. The number of amides is 1. The third-order valence-electron chi connectivity index (χ3n) is 4.26. The minimum atomic E-state index is -0.171. The van der Waals surface area contributed by atoms with E-state index in [1.807, 2.05) is 24.3 Å². The van der Waals surface area contributed by atoms with Gasteiger partial charge in [0.15, 0.2) is 0 Å². The first kappa shape index (κ1) is 17.7. The van der Waals surface area contributed by atoms with Crippen LogP contribution in [0, 0.1) is 0 Å². The number of ether oxygens (including phenoxy) is 1. The van der Waals surface area contributed by atoms with Gasteiger partial charge in [-0.2, -0.15) is 0 Å². The molecule has 1 aliphatic rings. The van der Waals surface area contributed by atoms with Gasteiger partial charge in [0.2, 0.25) is 5.88 Å². The number of carbonyl (C=O) groups is 1. The normalized spacial score (nSPS) is 13.4. The minimum Gasteiger partial charge on any atom is -0.439 e. The summed E-state index contributed by atoms with van der Waals surface area (Å²) in [5.74, 6) is 1.86. The van der Waals surface area contributed by atoms with E-state index in [1.54, 1.807) is 18.5 Å². The molecule has 0 radical (unpaired) electrons. The number of hydrogen-bond acceptors (Lipinski definition) is 5. The topological polar surface area (TPSA) is 81.9 Å². The van der Waals surface area contributed by atoms with E-state index in [1.165, 1.54) is 19.0 Å². The van der Waals surface area contributed by atoms with E-state index >= 15 is 0 Å². The SMILES string of the molecule is O=C(NCCc1nncn1C1CC1)c1ccc(Oc2ccc(Br)cc2)nc1. The third-order valence-corrected chi connectivity index (χ3v) is 4.78. The van der Waals surface area contributed by atoms with Gasteiger partial charge in [0.1, 0.15) is 17.9 Å². The molecular weight excluding hydrogens is 410 g/mol. The van der Waals surface area contributed by atoms with Crippen molar-refractivity contribution in [3.8, 4) is 11.6 Å². The lowest BCUT2D eigenvalue weighted by Crippen LogP contribution is -2.26. The molecule has 1 N–H and O–H groups in total. The Morgan fingerprint density at radius 3 is 2.74 bits per heavy atom. The molecule has 2 aromatic heterocycles. The van der Waals surface area contributed by atoms with Crippen LogP contribution in [0.1, 0.15) is 35.1 Å². The van der Waals surface area contributed by atoms with Crippen molar-refractivity contribution < 1.29 is 9.53 Å². The van der Waals surface area contributed by atoms with Crippen molar-refractivity contribution in [1.82, 2.24) is 25.1 Å². The van der Waals surface area contributed by atoms with Crippen molar-refractivity contribution >= 4 is 21.8 Å². The molecule has 138 valence electrons. The average Bonchev–Trinajstić information content (AvgIpc) is 3.43. The molecule has 1 amide bonds.